The fourth-order valence-corrected chi connectivity index (χ4v) is 6.76. The number of rotatable bonds is 7. The number of hydrogen-bond donors (Lipinski definition) is 2. The smallest absolute Gasteiger partial charge is 0.291 e. The number of fused-ring (bicyclic) bond motifs is 1. The number of benzene rings is 1. The predicted molar refractivity (Wildman–Crippen MR) is 140 cm³/mol. The van der Waals surface area contributed by atoms with E-state index in [1.54, 1.807) is 25.1 Å². The largest absolute Gasteiger partial charge is 0.367 e. The summed E-state index contributed by atoms with van der Waals surface area (Å²) in [5.41, 5.74) is 0.973. The number of nitrogens with one attached hydrogen (secondary N) is 2. The molecule has 1 saturated heterocycles. The SMILES string of the molecule is C[C@H]1CN(c2cc(S(=O)(=O)NC3(C)CC3)cc3c(-c4nnc(C(F)F)s4)nc(N(C)C)nc23)C[C@H](C)N1. The summed E-state index contributed by atoms with van der Waals surface area (Å²) >= 11 is 0.735. The fourth-order valence-electron chi connectivity index (χ4n) is 4.55. The Morgan fingerprint density at radius 2 is 1.84 bits per heavy atom. The lowest BCUT2D eigenvalue weighted by molar-refractivity contribution is 0.150. The van der Waals surface area contributed by atoms with Crippen LogP contribution in [0.1, 0.15) is 45.0 Å². The van der Waals surface area contributed by atoms with Gasteiger partial charge in [-0.3, -0.25) is 0 Å². The van der Waals surface area contributed by atoms with Gasteiger partial charge in [0.1, 0.15) is 5.69 Å². The van der Waals surface area contributed by atoms with E-state index >= 15 is 0 Å². The third kappa shape index (κ3) is 5.24. The van der Waals surface area contributed by atoms with Gasteiger partial charge in [-0.15, -0.1) is 10.2 Å². The maximum Gasteiger partial charge on any atom is 0.291 e. The lowest BCUT2D eigenvalue weighted by Crippen LogP contribution is -2.54. The van der Waals surface area contributed by atoms with Crippen molar-refractivity contribution in [1.29, 1.82) is 0 Å². The van der Waals surface area contributed by atoms with Gasteiger partial charge in [-0.05, 0) is 45.7 Å². The first-order chi connectivity index (χ1) is 17.3. The van der Waals surface area contributed by atoms with E-state index in [1.807, 2.05) is 6.92 Å². The lowest BCUT2D eigenvalue weighted by Gasteiger charge is -2.38. The van der Waals surface area contributed by atoms with Crippen LogP contribution in [0.4, 0.5) is 20.4 Å². The predicted octanol–water partition coefficient (Wildman–Crippen LogP) is 3.17. The molecule has 2 aromatic heterocycles. The Bertz CT molecular complexity index is 1430. The highest BCUT2D eigenvalue weighted by Crippen LogP contribution is 2.40. The Morgan fingerprint density at radius 1 is 1.16 bits per heavy atom. The van der Waals surface area contributed by atoms with Gasteiger partial charge in [-0.2, -0.15) is 0 Å². The zero-order valence-corrected chi connectivity index (χ0v) is 22.9. The van der Waals surface area contributed by atoms with Gasteiger partial charge >= 0.3 is 0 Å². The van der Waals surface area contributed by atoms with Gasteiger partial charge < -0.3 is 15.1 Å². The second-order valence-corrected chi connectivity index (χ2v) is 13.1. The molecule has 0 unspecified atom stereocenters. The Morgan fingerprint density at radius 3 is 2.41 bits per heavy atom. The minimum atomic E-state index is -3.88. The monoisotopic (exact) mass is 552 g/mol. The van der Waals surface area contributed by atoms with Crippen molar-refractivity contribution in [2.24, 2.45) is 0 Å². The van der Waals surface area contributed by atoms with Crippen LogP contribution in [0.25, 0.3) is 21.6 Å². The number of aromatic nitrogens is 4. The summed E-state index contributed by atoms with van der Waals surface area (Å²) in [5, 5.41) is 11.3. The highest BCUT2D eigenvalue weighted by atomic mass is 32.2. The van der Waals surface area contributed by atoms with Crippen molar-refractivity contribution in [3.05, 3.63) is 17.1 Å². The summed E-state index contributed by atoms with van der Waals surface area (Å²) < 4.78 is 56.5. The Balaban J connectivity index is 1.78. The molecule has 2 N–H and O–H groups in total. The first kappa shape index (κ1) is 26.1. The summed E-state index contributed by atoms with van der Waals surface area (Å²) in [6, 6.07) is 3.49. The van der Waals surface area contributed by atoms with Crippen molar-refractivity contribution in [1.82, 2.24) is 30.2 Å². The van der Waals surface area contributed by atoms with Gasteiger partial charge in [0.25, 0.3) is 6.43 Å². The summed E-state index contributed by atoms with van der Waals surface area (Å²) in [7, 11) is -0.317. The van der Waals surface area contributed by atoms with Gasteiger partial charge in [0, 0.05) is 50.2 Å². The molecule has 2 atom stereocenters. The van der Waals surface area contributed by atoms with E-state index in [1.165, 1.54) is 6.07 Å². The first-order valence-electron chi connectivity index (χ1n) is 12.1. The molecule has 1 aliphatic carbocycles. The molecule has 2 fully saturated rings. The van der Waals surface area contributed by atoms with Crippen molar-refractivity contribution in [3.63, 3.8) is 0 Å². The Kier molecular flexibility index (Phi) is 6.57. The maximum absolute atomic E-state index is 13.5. The van der Waals surface area contributed by atoms with Crippen LogP contribution in [0.2, 0.25) is 0 Å². The molecule has 200 valence electrons. The maximum atomic E-state index is 13.5. The van der Waals surface area contributed by atoms with Crippen molar-refractivity contribution >= 4 is 43.9 Å². The molecule has 1 saturated carbocycles. The van der Waals surface area contributed by atoms with Crippen LogP contribution in [0, 0.1) is 0 Å². The van der Waals surface area contributed by atoms with Gasteiger partial charge in [0.15, 0.2) is 10.0 Å². The van der Waals surface area contributed by atoms with E-state index in [-0.39, 0.29) is 27.7 Å². The van der Waals surface area contributed by atoms with Gasteiger partial charge in [-0.1, -0.05) is 11.3 Å². The average molecular weight is 553 g/mol. The molecule has 3 heterocycles. The number of alkyl halides is 2. The quantitative estimate of drug-likeness (QED) is 0.456. The van der Waals surface area contributed by atoms with E-state index in [0.29, 0.717) is 35.6 Å². The number of anilines is 2. The van der Waals surface area contributed by atoms with Crippen LogP contribution in [-0.4, -0.2) is 73.4 Å². The van der Waals surface area contributed by atoms with E-state index in [2.05, 4.69) is 44.0 Å². The third-order valence-corrected chi connectivity index (χ3v) is 9.12. The lowest BCUT2D eigenvalue weighted by atomic mass is 10.1. The molecule has 0 spiro atoms. The molecule has 1 aromatic carbocycles. The van der Waals surface area contributed by atoms with E-state index in [9.17, 15) is 17.2 Å². The first-order valence-corrected chi connectivity index (χ1v) is 14.4. The number of hydrogen-bond acceptors (Lipinski definition) is 10. The molecule has 2 aliphatic rings. The van der Waals surface area contributed by atoms with Gasteiger partial charge in [0.2, 0.25) is 16.0 Å². The number of piperazine rings is 1. The second-order valence-electron chi connectivity index (χ2n) is 10.4. The summed E-state index contributed by atoms with van der Waals surface area (Å²) in [6.45, 7) is 7.29. The molecule has 37 heavy (non-hydrogen) atoms. The van der Waals surface area contributed by atoms with Crippen molar-refractivity contribution in [2.75, 3.05) is 37.0 Å². The van der Waals surface area contributed by atoms with Gasteiger partial charge in [-0.25, -0.2) is 31.9 Å². The summed E-state index contributed by atoms with van der Waals surface area (Å²) in [5.74, 6) is 0.355. The zero-order valence-electron chi connectivity index (χ0n) is 21.3. The highest BCUT2D eigenvalue weighted by molar-refractivity contribution is 7.89. The van der Waals surface area contributed by atoms with Crippen LogP contribution in [-0.2, 0) is 10.0 Å². The molecule has 0 radical (unpaired) electrons. The fraction of sp³-hybridized carbons (Fsp3) is 0.565. The molecule has 14 heteroatoms. The van der Waals surface area contributed by atoms with Crippen LogP contribution >= 0.6 is 11.3 Å². The second kappa shape index (κ2) is 9.33. The standard InChI is InChI=1S/C23H30F2N8O2S2/c1-12-10-33(11-13(2)26-12)16-9-14(37(34,35)31-23(3)6-7-23)8-15-17(16)27-22(32(4)5)28-18(15)20-29-30-21(36-20)19(24)25/h8-9,12-13,19,26,31H,6-7,10-11H2,1-5H3/t12-,13-/m0/s1. The van der Waals surface area contributed by atoms with Crippen molar-refractivity contribution in [3.8, 4) is 10.7 Å². The number of sulfonamides is 1. The number of halogens is 2. The summed E-state index contributed by atoms with van der Waals surface area (Å²) in [6.07, 6.45) is -1.24. The topological polar surface area (TPSA) is 116 Å². The minimum Gasteiger partial charge on any atom is -0.367 e. The molecule has 10 nitrogen and oxygen atoms in total. The molecule has 3 aromatic rings. The molecule has 5 rings (SSSR count). The molecular formula is C23H30F2N8O2S2. The van der Waals surface area contributed by atoms with Crippen LogP contribution in [0.15, 0.2) is 17.0 Å². The third-order valence-electron chi connectivity index (χ3n) is 6.56. The van der Waals surface area contributed by atoms with Crippen LogP contribution in [0.5, 0.6) is 0 Å². The number of nitrogens with zero attached hydrogens (tertiary/aromatic N) is 6. The van der Waals surface area contributed by atoms with Crippen LogP contribution < -0.4 is 19.8 Å². The molecule has 1 aliphatic heterocycles. The molecule has 0 amide bonds. The summed E-state index contributed by atoms with van der Waals surface area (Å²) in [4.78, 5) is 13.3. The zero-order chi connectivity index (χ0) is 26.7. The molecule has 0 bridgehead atoms. The van der Waals surface area contributed by atoms with Crippen molar-refractivity contribution < 1.29 is 17.2 Å². The van der Waals surface area contributed by atoms with E-state index in [0.717, 1.165) is 24.2 Å². The highest BCUT2D eigenvalue weighted by Gasteiger charge is 2.41. The van der Waals surface area contributed by atoms with E-state index < -0.39 is 27.0 Å². The normalized spacial score (nSPS) is 21.6. The van der Waals surface area contributed by atoms with Crippen molar-refractivity contribution in [2.45, 2.75) is 62.6 Å². The van der Waals surface area contributed by atoms with Gasteiger partial charge in [0.05, 0.1) is 16.1 Å². The van der Waals surface area contributed by atoms with Crippen LogP contribution in [0.3, 0.4) is 0 Å². The Labute approximate surface area is 218 Å². The Hall–Kier alpha value is -2.55. The molecular weight excluding hydrogens is 522 g/mol. The van der Waals surface area contributed by atoms with E-state index in [4.69, 9.17) is 4.98 Å². The average Bonchev–Trinajstić information content (AvgIpc) is 3.31. The minimum absolute atomic E-state index is 0.0722.